The zero-order chi connectivity index (χ0) is 11.4. The lowest BCUT2D eigenvalue weighted by Gasteiger charge is -2.15. The summed E-state index contributed by atoms with van der Waals surface area (Å²) in [6.45, 7) is 5.00. The zero-order valence-electron chi connectivity index (χ0n) is 8.90. The molecule has 2 amide bonds. The molecule has 6 heteroatoms. The molecule has 0 saturated carbocycles. The number of nitrogens with zero attached hydrogens (tertiary/aromatic N) is 1. The molecule has 0 bridgehead atoms. The van der Waals surface area contributed by atoms with Crippen LogP contribution in [0.5, 0.6) is 0 Å². The number of likely N-dealkylation sites (tertiary alicyclic amines) is 1. The van der Waals surface area contributed by atoms with Gasteiger partial charge in [0.15, 0.2) is 6.61 Å². The molecule has 0 aliphatic carbocycles. The molecule has 1 heterocycles. The van der Waals surface area contributed by atoms with Crippen LogP contribution in [-0.2, 0) is 9.63 Å². The second-order valence-corrected chi connectivity index (χ2v) is 3.95. The van der Waals surface area contributed by atoms with Crippen molar-refractivity contribution in [3.63, 3.8) is 0 Å². The molecule has 0 aromatic heterocycles. The van der Waals surface area contributed by atoms with E-state index in [1.807, 2.05) is 0 Å². The summed E-state index contributed by atoms with van der Waals surface area (Å²) in [5.41, 5.74) is 2.10. The lowest BCUT2D eigenvalue weighted by atomic mass is 10.0. The molecule has 0 aromatic rings. The zero-order valence-corrected chi connectivity index (χ0v) is 8.90. The smallest absolute Gasteiger partial charge is 0.341 e. The number of urea groups is 1. The van der Waals surface area contributed by atoms with E-state index in [1.165, 1.54) is 0 Å². The number of hydroxylamine groups is 1. The summed E-state index contributed by atoms with van der Waals surface area (Å²) < 4.78 is 0. The fraction of sp³-hybridized carbons (Fsp3) is 0.778. The van der Waals surface area contributed by atoms with E-state index in [0.717, 1.165) is 0 Å². The van der Waals surface area contributed by atoms with Gasteiger partial charge in [0.2, 0.25) is 0 Å². The van der Waals surface area contributed by atoms with Gasteiger partial charge in [-0.2, -0.15) is 0 Å². The van der Waals surface area contributed by atoms with Crippen LogP contribution >= 0.6 is 0 Å². The van der Waals surface area contributed by atoms with Crippen LogP contribution in [0, 0.1) is 11.8 Å². The first-order chi connectivity index (χ1) is 7.00. The molecular weight excluding hydrogens is 200 g/mol. The van der Waals surface area contributed by atoms with Crippen LogP contribution in [0.1, 0.15) is 13.8 Å². The number of hydrogen-bond acceptors (Lipinski definition) is 3. The van der Waals surface area contributed by atoms with Crippen molar-refractivity contribution < 1.29 is 19.5 Å². The Morgan fingerprint density at radius 1 is 1.40 bits per heavy atom. The Morgan fingerprint density at radius 3 is 2.40 bits per heavy atom. The SMILES string of the molecule is CC1CN(C(=O)NOCC(=O)O)CC1C. The highest BCUT2D eigenvalue weighted by Gasteiger charge is 2.29. The van der Waals surface area contributed by atoms with Gasteiger partial charge in [0, 0.05) is 13.1 Å². The van der Waals surface area contributed by atoms with Gasteiger partial charge in [0.25, 0.3) is 0 Å². The quantitative estimate of drug-likeness (QED) is 0.665. The largest absolute Gasteiger partial charge is 0.479 e. The minimum atomic E-state index is -1.11. The third-order valence-electron chi connectivity index (χ3n) is 2.63. The molecule has 0 aromatic carbocycles. The van der Waals surface area contributed by atoms with Gasteiger partial charge < -0.3 is 10.0 Å². The Hall–Kier alpha value is -1.30. The third-order valence-corrected chi connectivity index (χ3v) is 2.63. The van der Waals surface area contributed by atoms with Gasteiger partial charge in [-0.3, -0.25) is 4.84 Å². The van der Waals surface area contributed by atoms with Gasteiger partial charge in [0.05, 0.1) is 0 Å². The standard InChI is InChI=1S/C9H16N2O4/c1-6-3-11(4-7(6)2)9(14)10-15-5-8(12)13/h6-7H,3-5H2,1-2H3,(H,10,14)(H,12,13). The highest BCUT2D eigenvalue weighted by Crippen LogP contribution is 2.21. The molecule has 6 nitrogen and oxygen atoms in total. The number of hydrogen-bond donors (Lipinski definition) is 2. The van der Waals surface area contributed by atoms with Crippen molar-refractivity contribution in [2.24, 2.45) is 11.8 Å². The fourth-order valence-electron chi connectivity index (χ4n) is 1.52. The molecule has 1 aliphatic heterocycles. The predicted molar refractivity (Wildman–Crippen MR) is 52.0 cm³/mol. The molecule has 86 valence electrons. The van der Waals surface area contributed by atoms with E-state index in [1.54, 1.807) is 4.90 Å². The van der Waals surface area contributed by atoms with E-state index >= 15 is 0 Å². The van der Waals surface area contributed by atoms with Crippen molar-refractivity contribution in [2.75, 3.05) is 19.7 Å². The summed E-state index contributed by atoms with van der Waals surface area (Å²) in [7, 11) is 0. The second-order valence-electron chi connectivity index (χ2n) is 3.95. The molecule has 15 heavy (non-hydrogen) atoms. The van der Waals surface area contributed by atoms with Gasteiger partial charge in [-0.05, 0) is 11.8 Å². The lowest BCUT2D eigenvalue weighted by Crippen LogP contribution is -2.39. The Kier molecular flexibility index (Phi) is 3.90. The molecule has 1 fully saturated rings. The van der Waals surface area contributed by atoms with E-state index in [0.29, 0.717) is 24.9 Å². The molecule has 1 rings (SSSR count). The first-order valence-electron chi connectivity index (χ1n) is 4.89. The topological polar surface area (TPSA) is 78.9 Å². The summed E-state index contributed by atoms with van der Waals surface area (Å²) >= 11 is 0. The second kappa shape index (κ2) is 4.97. The average Bonchev–Trinajstić information content (AvgIpc) is 2.46. The number of carbonyl (C=O) groups excluding carboxylic acids is 1. The molecule has 0 spiro atoms. The fourth-order valence-corrected chi connectivity index (χ4v) is 1.52. The van der Waals surface area contributed by atoms with Crippen LogP contribution in [0.25, 0.3) is 0 Å². The highest BCUT2D eigenvalue weighted by atomic mass is 16.7. The number of carboxylic acid groups (broad SMARTS) is 1. The summed E-state index contributed by atoms with van der Waals surface area (Å²) in [6, 6.07) is -0.368. The van der Waals surface area contributed by atoms with Crippen molar-refractivity contribution in [1.82, 2.24) is 10.4 Å². The Labute approximate surface area is 88.1 Å². The van der Waals surface area contributed by atoms with Crippen LogP contribution in [-0.4, -0.2) is 41.7 Å². The van der Waals surface area contributed by atoms with Gasteiger partial charge in [-0.25, -0.2) is 15.1 Å². The Balaban J connectivity index is 2.26. The number of carbonyl (C=O) groups is 2. The first kappa shape index (κ1) is 11.8. The van der Waals surface area contributed by atoms with E-state index in [4.69, 9.17) is 5.11 Å². The molecule has 0 radical (unpaired) electrons. The van der Waals surface area contributed by atoms with Gasteiger partial charge in [0.1, 0.15) is 0 Å². The van der Waals surface area contributed by atoms with Crippen molar-refractivity contribution >= 4 is 12.0 Å². The van der Waals surface area contributed by atoms with E-state index in [2.05, 4.69) is 24.2 Å². The molecular formula is C9H16N2O4. The number of carboxylic acids is 1. The summed E-state index contributed by atoms with van der Waals surface area (Å²) in [5.74, 6) is -0.177. The number of amides is 2. The maximum absolute atomic E-state index is 11.4. The normalized spacial score (nSPS) is 25.3. The van der Waals surface area contributed by atoms with Gasteiger partial charge in [-0.15, -0.1) is 0 Å². The third kappa shape index (κ3) is 3.39. The summed E-state index contributed by atoms with van der Waals surface area (Å²) in [4.78, 5) is 27.7. The first-order valence-corrected chi connectivity index (χ1v) is 4.89. The van der Waals surface area contributed by atoms with Crippen molar-refractivity contribution in [1.29, 1.82) is 0 Å². The van der Waals surface area contributed by atoms with Gasteiger partial charge >= 0.3 is 12.0 Å². The minimum absolute atomic E-state index is 0.368. The predicted octanol–water partition coefficient (Wildman–Crippen LogP) is 0.300. The van der Waals surface area contributed by atoms with Crippen LogP contribution < -0.4 is 5.48 Å². The Bertz CT molecular complexity index is 246. The van der Waals surface area contributed by atoms with Crippen LogP contribution in [0.2, 0.25) is 0 Å². The van der Waals surface area contributed by atoms with Crippen LogP contribution in [0.15, 0.2) is 0 Å². The van der Waals surface area contributed by atoms with E-state index in [9.17, 15) is 9.59 Å². The maximum Gasteiger partial charge on any atom is 0.341 e. The van der Waals surface area contributed by atoms with Gasteiger partial charge in [-0.1, -0.05) is 13.8 Å². The monoisotopic (exact) mass is 216 g/mol. The van der Waals surface area contributed by atoms with E-state index < -0.39 is 12.6 Å². The minimum Gasteiger partial charge on any atom is -0.479 e. The van der Waals surface area contributed by atoms with Crippen molar-refractivity contribution in [3.8, 4) is 0 Å². The molecule has 2 atom stereocenters. The maximum atomic E-state index is 11.4. The van der Waals surface area contributed by atoms with Crippen LogP contribution in [0.4, 0.5) is 4.79 Å². The van der Waals surface area contributed by atoms with Crippen molar-refractivity contribution in [2.45, 2.75) is 13.8 Å². The molecule has 1 saturated heterocycles. The lowest BCUT2D eigenvalue weighted by molar-refractivity contribution is -0.144. The molecule has 1 aliphatic rings. The number of aliphatic carboxylic acids is 1. The average molecular weight is 216 g/mol. The summed E-state index contributed by atoms with van der Waals surface area (Å²) in [5, 5.41) is 8.29. The number of nitrogens with one attached hydrogen (secondary N) is 1. The summed E-state index contributed by atoms with van der Waals surface area (Å²) in [6.07, 6.45) is 0. The van der Waals surface area contributed by atoms with E-state index in [-0.39, 0.29) is 6.03 Å². The highest BCUT2D eigenvalue weighted by molar-refractivity contribution is 5.74. The molecule has 2 N–H and O–H groups in total. The van der Waals surface area contributed by atoms with Crippen LogP contribution in [0.3, 0.4) is 0 Å². The number of rotatable bonds is 3. The van der Waals surface area contributed by atoms with Crippen molar-refractivity contribution in [3.05, 3.63) is 0 Å². The Morgan fingerprint density at radius 2 is 1.93 bits per heavy atom. The molecule has 2 unspecified atom stereocenters.